The van der Waals surface area contributed by atoms with Gasteiger partial charge in [0.25, 0.3) is 0 Å². The fourth-order valence-corrected chi connectivity index (χ4v) is 2.96. The summed E-state index contributed by atoms with van der Waals surface area (Å²) >= 11 is 0. The molecule has 2 N–H and O–H groups in total. The number of hydrogen-bond donors (Lipinski definition) is 2. The maximum Gasteiger partial charge on any atom is 0.119 e. The minimum absolute atomic E-state index is 0.0310. The lowest BCUT2D eigenvalue weighted by Gasteiger charge is -2.30. The molecule has 2 unspecified atom stereocenters. The number of aliphatic hydroxyl groups is 1. The van der Waals surface area contributed by atoms with Crippen LogP contribution in [0.15, 0.2) is 24.3 Å². The summed E-state index contributed by atoms with van der Waals surface area (Å²) in [4.78, 5) is 0. The smallest absolute Gasteiger partial charge is 0.119 e. The summed E-state index contributed by atoms with van der Waals surface area (Å²) in [5.41, 5.74) is 1.27. The van der Waals surface area contributed by atoms with Crippen molar-refractivity contribution >= 4 is 0 Å². The Balaban J connectivity index is 1.81. The van der Waals surface area contributed by atoms with Crippen LogP contribution in [0.25, 0.3) is 0 Å². The molecule has 0 aliphatic heterocycles. The summed E-state index contributed by atoms with van der Waals surface area (Å²) in [6, 6.07) is 8.56. The van der Waals surface area contributed by atoms with Gasteiger partial charge in [0.2, 0.25) is 0 Å². The maximum atomic E-state index is 9.57. The van der Waals surface area contributed by atoms with E-state index < -0.39 is 0 Å². The van der Waals surface area contributed by atoms with Crippen LogP contribution in [-0.2, 0) is 11.3 Å². The van der Waals surface area contributed by atoms with E-state index in [1.807, 2.05) is 12.1 Å². The van der Waals surface area contributed by atoms with E-state index in [9.17, 15) is 5.11 Å². The van der Waals surface area contributed by atoms with Crippen molar-refractivity contribution in [3.63, 3.8) is 0 Å². The first-order valence-corrected chi connectivity index (χ1v) is 7.73. The van der Waals surface area contributed by atoms with Crippen molar-refractivity contribution in [2.24, 2.45) is 5.41 Å². The Kier molecular flexibility index (Phi) is 6.03. The number of benzene rings is 1. The van der Waals surface area contributed by atoms with Gasteiger partial charge in [0.15, 0.2) is 0 Å². The highest BCUT2D eigenvalue weighted by molar-refractivity contribution is 5.27. The van der Waals surface area contributed by atoms with Gasteiger partial charge in [-0.15, -0.1) is 0 Å². The second-order valence-corrected chi connectivity index (χ2v) is 6.12. The fourth-order valence-electron chi connectivity index (χ4n) is 2.96. The Morgan fingerprint density at radius 2 is 2.05 bits per heavy atom. The molecule has 4 nitrogen and oxygen atoms in total. The van der Waals surface area contributed by atoms with Gasteiger partial charge >= 0.3 is 0 Å². The molecule has 0 bridgehead atoms. The molecule has 1 aromatic rings. The number of hydrogen-bond acceptors (Lipinski definition) is 4. The lowest BCUT2D eigenvalue weighted by molar-refractivity contribution is 0.118. The number of methoxy groups -OCH3 is 1. The molecule has 1 aromatic carbocycles. The maximum absolute atomic E-state index is 9.57. The predicted octanol–water partition coefficient (Wildman–Crippen LogP) is 2.35. The molecule has 4 heteroatoms. The molecular formula is C17H27NO3. The molecule has 118 valence electrons. The van der Waals surface area contributed by atoms with Crippen LogP contribution in [0.1, 0.15) is 31.7 Å². The molecule has 0 spiro atoms. The van der Waals surface area contributed by atoms with Gasteiger partial charge in [-0.05, 0) is 30.5 Å². The number of rotatable bonds is 8. The summed E-state index contributed by atoms with van der Waals surface area (Å²) < 4.78 is 10.5. The molecule has 1 saturated carbocycles. The van der Waals surface area contributed by atoms with Crippen LogP contribution in [0.2, 0.25) is 0 Å². The Morgan fingerprint density at radius 3 is 2.71 bits per heavy atom. The first kappa shape index (κ1) is 16.3. The van der Waals surface area contributed by atoms with E-state index in [-0.39, 0.29) is 12.0 Å². The molecular weight excluding hydrogens is 266 g/mol. The van der Waals surface area contributed by atoms with Crippen molar-refractivity contribution in [3.05, 3.63) is 29.8 Å². The largest absolute Gasteiger partial charge is 0.491 e. The Hall–Kier alpha value is -1.10. The van der Waals surface area contributed by atoms with Gasteiger partial charge < -0.3 is 19.9 Å². The SMILES string of the molecule is COCCOc1ccc(CNC2CCCC2(C)CO)cc1. The molecule has 0 amide bonds. The highest BCUT2D eigenvalue weighted by atomic mass is 16.5. The lowest BCUT2D eigenvalue weighted by atomic mass is 9.86. The second kappa shape index (κ2) is 7.78. The van der Waals surface area contributed by atoms with Crippen molar-refractivity contribution in [2.75, 3.05) is 26.9 Å². The summed E-state index contributed by atoms with van der Waals surface area (Å²) in [5.74, 6) is 0.872. The molecule has 2 rings (SSSR count). The zero-order valence-corrected chi connectivity index (χ0v) is 13.1. The molecule has 0 heterocycles. The second-order valence-electron chi connectivity index (χ2n) is 6.12. The van der Waals surface area contributed by atoms with Gasteiger partial charge in [-0.2, -0.15) is 0 Å². The van der Waals surface area contributed by atoms with Crippen LogP contribution < -0.4 is 10.1 Å². The molecule has 0 saturated heterocycles. The van der Waals surface area contributed by atoms with Gasteiger partial charge in [0.05, 0.1) is 6.61 Å². The third kappa shape index (κ3) is 4.43. The average molecular weight is 293 g/mol. The predicted molar refractivity (Wildman–Crippen MR) is 83.5 cm³/mol. The number of nitrogens with one attached hydrogen (secondary N) is 1. The first-order valence-electron chi connectivity index (χ1n) is 7.73. The van der Waals surface area contributed by atoms with Crippen molar-refractivity contribution in [1.82, 2.24) is 5.32 Å². The van der Waals surface area contributed by atoms with Crippen LogP contribution in [-0.4, -0.2) is 38.1 Å². The van der Waals surface area contributed by atoms with E-state index in [4.69, 9.17) is 9.47 Å². The fraction of sp³-hybridized carbons (Fsp3) is 0.647. The minimum atomic E-state index is 0.0310. The third-order valence-electron chi connectivity index (χ3n) is 4.48. The lowest BCUT2D eigenvalue weighted by Crippen LogP contribution is -2.41. The van der Waals surface area contributed by atoms with Crippen LogP contribution in [0.4, 0.5) is 0 Å². The van der Waals surface area contributed by atoms with E-state index >= 15 is 0 Å². The van der Waals surface area contributed by atoms with Crippen LogP contribution in [0.3, 0.4) is 0 Å². The monoisotopic (exact) mass is 293 g/mol. The summed E-state index contributed by atoms with van der Waals surface area (Å²) in [7, 11) is 1.67. The van der Waals surface area contributed by atoms with Crippen LogP contribution >= 0.6 is 0 Å². The van der Waals surface area contributed by atoms with Crippen molar-refractivity contribution in [1.29, 1.82) is 0 Å². The molecule has 21 heavy (non-hydrogen) atoms. The molecule has 2 atom stereocenters. The molecule has 0 radical (unpaired) electrons. The van der Waals surface area contributed by atoms with E-state index in [1.54, 1.807) is 7.11 Å². The zero-order valence-electron chi connectivity index (χ0n) is 13.1. The van der Waals surface area contributed by atoms with Gasteiger partial charge in [-0.25, -0.2) is 0 Å². The minimum Gasteiger partial charge on any atom is -0.491 e. The number of ether oxygens (including phenoxy) is 2. The Labute approximate surface area is 127 Å². The van der Waals surface area contributed by atoms with E-state index in [1.165, 1.54) is 12.0 Å². The van der Waals surface area contributed by atoms with Gasteiger partial charge in [0.1, 0.15) is 12.4 Å². The van der Waals surface area contributed by atoms with E-state index in [0.717, 1.165) is 25.1 Å². The molecule has 1 aliphatic rings. The van der Waals surface area contributed by atoms with Gasteiger partial charge in [-0.1, -0.05) is 25.5 Å². The van der Waals surface area contributed by atoms with Crippen molar-refractivity contribution in [2.45, 2.75) is 38.8 Å². The standard InChI is InChI=1S/C17H27NO3/c1-17(13-19)9-3-4-16(17)18-12-14-5-7-15(8-6-14)21-11-10-20-2/h5-8,16,18-19H,3-4,9-13H2,1-2H3. The first-order chi connectivity index (χ1) is 10.2. The summed E-state index contributed by atoms with van der Waals surface area (Å²) in [6.45, 7) is 4.44. The molecule has 1 fully saturated rings. The quantitative estimate of drug-likeness (QED) is 0.722. The topological polar surface area (TPSA) is 50.7 Å². The Bertz CT molecular complexity index is 421. The number of aliphatic hydroxyl groups excluding tert-OH is 1. The van der Waals surface area contributed by atoms with E-state index in [2.05, 4.69) is 24.4 Å². The average Bonchev–Trinajstić information content (AvgIpc) is 2.88. The highest BCUT2D eigenvalue weighted by Gasteiger charge is 2.37. The highest BCUT2D eigenvalue weighted by Crippen LogP contribution is 2.37. The van der Waals surface area contributed by atoms with Gasteiger partial charge in [-0.3, -0.25) is 0 Å². The Morgan fingerprint density at radius 1 is 1.29 bits per heavy atom. The van der Waals surface area contributed by atoms with Crippen LogP contribution in [0.5, 0.6) is 5.75 Å². The van der Waals surface area contributed by atoms with Gasteiger partial charge in [0, 0.05) is 31.7 Å². The van der Waals surface area contributed by atoms with E-state index in [0.29, 0.717) is 19.3 Å². The zero-order chi connectivity index (χ0) is 15.1. The molecule has 0 aromatic heterocycles. The normalized spacial score (nSPS) is 25.2. The summed E-state index contributed by atoms with van der Waals surface area (Å²) in [5, 5.41) is 13.2. The van der Waals surface area contributed by atoms with Crippen molar-refractivity contribution in [3.8, 4) is 5.75 Å². The van der Waals surface area contributed by atoms with Crippen LogP contribution in [0, 0.1) is 5.41 Å². The third-order valence-corrected chi connectivity index (χ3v) is 4.48. The van der Waals surface area contributed by atoms with Crippen molar-refractivity contribution < 1.29 is 14.6 Å². The summed E-state index contributed by atoms with van der Waals surface area (Å²) in [6.07, 6.45) is 3.45. The molecule has 1 aliphatic carbocycles.